The van der Waals surface area contributed by atoms with Crippen LogP contribution in [0.1, 0.15) is 42.2 Å². The Kier molecular flexibility index (Phi) is 3.98. The van der Waals surface area contributed by atoms with Gasteiger partial charge in [-0.15, -0.1) is 0 Å². The highest BCUT2D eigenvalue weighted by atomic mass is 16.5. The lowest BCUT2D eigenvalue weighted by Crippen LogP contribution is -2.40. The molecule has 1 aromatic heterocycles. The lowest BCUT2D eigenvalue weighted by molar-refractivity contribution is -0.0739. The molecule has 1 unspecified atom stereocenters. The Labute approximate surface area is 129 Å². The molecule has 0 bridgehead atoms. The Morgan fingerprint density at radius 3 is 2.82 bits per heavy atom. The van der Waals surface area contributed by atoms with Crippen molar-refractivity contribution in [3.05, 3.63) is 54.1 Å². The maximum atomic E-state index is 12.1. The molecule has 0 spiro atoms. The third kappa shape index (κ3) is 2.90. The van der Waals surface area contributed by atoms with Crippen LogP contribution in [0, 0.1) is 5.92 Å². The van der Waals surface area contributed by atoms with Crippen LogP contribution in [0.25, 0.3) is 0 Å². The molecule has 5 nitrogen and oxygen atoms in total. The molecule has 1 fully saturated rings. The molecule has 0 radical (unpaired) electrons. The Balaban J connectivity index is 1.65. The topological polar surface area (TPSA) is 75.2 Å². The van der Waals surface area contributed by atoms with Crippen molar-refractivity contribution < 1.29 is 14.6 Å². The quantitative estimate of drug-likeness (QED) is 0.855. The number of benzene rings is 1. The van der Waals surface area contributed by atoms with E-state index in [-0.39, 0.29) is 18.0 Å². The molecule has 2 aromatic rings. The zero-order valence-corrected chi connectivity index (χ0v) is 12.5. The summed E-state index contributed by atoms with van der Waals surface area (Å²) in [5.41, 5.74) is 0.377. The van der Waals surface area contributed by atoms with Gasteiger partial charge in [0.25, 0.3) is 0 Å². The summed E-state index contributed by atoms with van der Waals surface area (Å²) in [7, 11) is 0. The summed E-state index contributed by atoms with van der Waals surface area (Å²) < 4.78 is 5.62. The van der Waals surface area contributed by atoms with Crippen LogP contribution >= 0.6 is 0 Å². The molecule has 22 heavy (non-hydrogen) atoms. The monoisotopic (exact) mass is 300 g/mol. The van der Waals surface area contributed by atoms with E-state index in [0.717, 1.165) is 5.69 Å². The third-order valence-corrected chi connectivity index (χ3v) is 4.40. The Bertz CT molecular complexity index is 627. The highest BCUT2D eigenvalue weighted by Crippen LogP contribution is 2.40. The fourth-order valence-corrected chi connectivity index (χ4v) is 3.14. The summed E-state index contributed by atoms with van der Waals surface area (Å²) in [4.78, 5) is 19.1. The normalized spacial score (nSPS) is 28.3. The number of nitrogens with zero attached hydrogens (tertiary/aromatic N) is 1. The number of hydrogen-bond donors (Lipinski definition) is 2. The molecule has 0 amide bonds. The van der Waals surface area contributed by atoms with Crippen molar-refractivity contribution in [3.8, 4) is 0 Å². The Morgan fingerprint density at radius 2 is 2.18 bits per heavy atom. The van der Waals surface area contributed by atoms with Crippen molar-refractivity contribution in [3.63, 3.8) is 0 Å². The van der Waals surface area contributed by atoms with Crippen LogP contribution in [0.3, 0.4) is 0 Å². The van der Waals surface area contributed by atoms with E-state index in [0.29, 0.717) is 24.8 Å². The fraction of sp³-hybridized carbons (Fsp3) is 0.412. The lowest BCUT2D eigenvalue weighted by atomic mass is 9.75. The van der Waals surface area contributed by atoms with Crippen molar-refractivity contribution in [2.24, 2.45) is 5.92 Å². The van der Waals surface area contributed by atoms with Gasteiger partial charge in [-0.1, -0.05) is 25.1 Å². The van der Waals surface area contributed by atoms with E-state index in [1.54, 1.807) is 24.7 Å². The van der Waals surface area contributed by atoms with E-state index < -0.39 is 5.60 Å². The predicted molar refractivity (Wildman–Crippen MR) is 81.1 cm³/mol. The molecule has 2 N–H and O–H groups in total. The highest BCUT2D eigenvalue weighted by molar-refractivity contribution is 5.89. The molecule has 1 aliphatic carbocycles. The molecular formula is C17H20N2O3. The number of carbonyl (C=O) groups excluding carboxylic acids is 1. The van der Waals surface area contributed by atoms with Crippen molar-refractivity contribution in [1.82, 2.24) is 9.97 Å². The van der Waals surface area contributed by atoms with Gasteiger partial charge in [-0.3, -0.25) is 0 Å². The van der Waals surface area contributed by atoms with Crippen molar-refractivity contribution in [2.75, 3.05) is 0 Å². The number of carbonyl (C=O) groups is 1. The molecular weight excluding hydrogens is 280 g/mol. The summed E-state index contributed by atoms with van der Waals surface area (Å²) in [6.07, 6.45) is 4.78. The fourth-order valence-electron chi connectivity index (χ4n) is 3.14. The molecule has 1 aromatic carbocycles. The zero-order chi connectivity index (χ0) is 15.6. The van der Waals surface area contributed by atoms with E-state index in [1.807, 2.05) is 25.1 Å². The van der Waals surface area contributed by atoms with Gasteiger partial charge in [-0.05, 0) is 37.3 Å². The summed E-state index contributed by atoms with van der Waals surface area (Å²) in [6, 6.07) is 8.99. The second kappa shape index (κ2) is 5.93. The molecule has 3 atom stereocenters. The number of rotatable bonds is 3. The van der Waals surface area contributed by atoms with Crippen molar-refractivity contribution in [1.29, 1.82) is 0 Å². The molecule has 0 saturated heterocycles. The van der Waals surface area contributed by atoms with E-state index in [4.69, 9.17) is 4.74 Å². The minimum Gasteiger partial charge on any atom is -0.458 e. The standard InChI is InChI=1S/C17H20N2O3/c1-12-9-17(21,15-10-18-11-19-15)8-7-14(12)22-16(20)13-5-3-2-4-6-13/h2-6,10-12,14,21H,7-9H2,1H3,(H,18,19)/t12-,14+,17?/m0/s1. The molecule has 1 aliphatic rings. The summed E-state index contributed by atoms with van der Waals surface area (Å²) in [6.45, 7) is 2.00. The van der Waals surface area contributed by atoms with Crippen molar-refractivity contribution >= 4 is 5.97 Å². The van der Waals surface area contributed by atoms with E-state index in [1.165, 1.54) is 0 Å². The Morgan fingerprint density at radius 1 is 1.41 bits per heavy atom. The molecule has 3 rings (SSSR count). The predicted octanol–water partition coefficient (Wildman–Crippen LogP) is 2.64. The number of aromatic nitrogens is 2. The largest absolute Gasteiger partial charge is 0.458 e. The molecule has 0 aliphatic heterocycles. The number of ether oxygens (including phenoxy) is 1. The SMILES string of the molecule is C[C@H]1CC(O)(c2cnc[nH]2)CC[C@H]1OC(=O)c1ccccc1. The van der Waals surface area contributed by atoms with Crippen LogP contribution in [0.4, 0.5) is 0 Å². The number of aromatic amines is 1. The van der Waals surface area contributed by atoms with Gasteiger partial charge in [0.15, 0.2) is 0 Å². The number of esters is 1. The minimum atomic E-state index is -0.911. The molecule has 1 saturated carbocycles. The first-order valence-corrected chi connectivity index (χ1v) is 7.56. The summed E-state index contributed by atoms with van der Waals surface area (Å²) in [5.74, 6) is -0.223. The number of imidazole rings is 1. The first kappa shape index (κ1) is 14.8. The molecule has 1 heterocycles. The van der Waals surface area contributed by atoms with Crippen LogP contribution in [-0.2, 0) is 10.3 Å². The number of hydrogen-bond acceptors (Lipinski definition) is 4. The summed E-state index contributed by atoms with van der Waals surface area (Å²) in [5, 5.41) is 10.8. The van der Waals surface area contributed by atoms with Gasteiger partial charge >= 0.3 is 5.97 Å². The van der Waals surface area contributed by atoms with Crippen molar-refractivity contribution in [2.45, 2.75) is 37.9 Å². The second-order valence-electron chi connectivity index (χ2n) is 6.03. The first-order valence-electron chi connectivity index (χ1n) is 7.56. The van der Waals surface area contributed by atoms with Crippen LogP contribution in [0.5, 0.6) is 0 Å². The maximum absolute atomic E-state index is 12.1. The van der Waals surface area contributed by atoms with E-state index in [9.17, 15) is 9.90 Å². The van der Waals surface area contributed by atoms with Gasteiger partial charge in [0.1, 0.15) is 11.7 Å². The average Bonchev–Trinajstić information content (AvgIpc) is 3.06. The number of nitrogens with one attached hydrogen (secondary N) is 1. The maximum Gasteiger partial charge on any atom is 0.338 e. The number of aliphatic hydroxyl groups is 1. The molecule has 116 valence electrons. The van der Waals surface area contributed by atoms with Gasteiger partial charge in [-0.25, -0.2) is 9.78 Å². The van der Waals surface area contributed by atoms with Crippen LogP contribution < -0.4 is 0 Å². The first-order chi connectivity index (χ1) is 10.6. The zero-order valence-electron chi connectivity index (χ0n) is 12.5. The van der Waals surface area contributed by atoms with Crippen LogP contribution in [0.2, 0.25) is 0 Å². The van der Waals surface area contributed by atoms with Gasteiger partial charge < -0.3 is 14.8 Å². The number of H-pyrrole nitrogens is 1. The average molecular weight is 300 g/mol. The van der Waals surface area contributed by atoms with Gasteiger partial charge in [0, 0.05) is 0 Å². The summed E-state index contributed by atoms with van der Waals surface area (Å²) >= 11 is 0. The third-order valence-electron chi connectivity index (χ3n) is 4.40. The second-order valence-corrected chi connectivity index (χ2v) is 6.03. The Hall–Kier alpha value is -2.14. The lowest BCUT2D eigenvalue weighted by Gasteiger charge is -2.39. The van der Waals surface area contributed by atoms with Gasteiger partial charge in [-0.2, -0.15) is 0 Å². The van der Waals surface area contributed by atoms with Gasteiger partial charge in [0.05, 0.1) is 23.8 Å². The van der Waals surface area contributed by atoms with Crippen LogP contribution in [-0.4, -0.2) is 27.1 Å². The van der Waals surface area contributed by atoms with Crippen LogP contribution in [0.15, 0.2) is 42.9 Å². The highest BCUT2D eigenvalue weighted by Gasteiger charge is 2.41. The van der Waals surface area contributed by atoms with E-state index >= 15 is 0 Å². The molecule has 5 heteroatoms. The smallest absolute Gasteiger partial charge is 0.338 e. The van der Waals surface area contributed by atoms with E-state index in [2.05, 4.69) is 9.97 Å². The minimum absolute atomic E-state index is 0.0784. The van der Waals surface area contributed by atoms with Gasteiger partial charge in [0.2, 0.25) is 0 Å².